The Balaban J connectivity index is 1.55. The van der Waals surface area contributed by atoms with Gasteiger partial charge in [0.1, 0.15) is 0 Å². The highest BCUT2D eigenvalue weighted by Crippen LogP contribution is 2.47. The number of rotatable bonds is 2. The second-order valence-corrected chi connectivity index (χ2v) is 8.32. The molecule has 2 unspecified atom stereocenters. The molecule has 5 rings (SSSR count). The van der Waals surface area contributed by atoms with E-state index >= 15 is 0 Å². The van der Waals surface area contributed by atoms with E-state index < -0.39 is 0 Å². The van der Waals surface area contributed by atoms with Gasteiger partial charge >= 0.3 is 0 Å². The Kier molecular flexibility index (Phi) is 3.91. The molecule has 0 aliphatic heterocycles. The molecule has 2 aliphatic carbocycles. The summed E-state index contributed by atoms with van der Waals surface area (Å²) in [7, 11) is 0. The molecule has 0 radical (unpaired) electrons. The maximum absolute atomic E-state index is 2.35. The van der Waals surface area contributed by atoms with Crippen molar-refractivity contribution in [2.45, 2.75) is 39.5 Å². The van der Waals surface area contributed by atoms with E-state index in [4.69, 9.17) is 0 Å². The van der Waals surface area contributed by atoms with Crippen molar-refractivity contribution in [2.24, 2.45) is 0 Å². The van der Waals surface area contributed by atoms with Gasteiger partial charge in [0.05, 0.1) is 0 Å². The van der Waals surface area contributed by atoms with Gasteiger partial charge < -0.3 is 0 Å². The lowest BCUT2D eigenvalue weighted by Gasteiger charge is -2.19. The molecule has 0 heteroatoms. The van der Waals surface area contributed by atoms with E-state index in [2.05, 4.69) is 100 Å². The summed E-state index contributed by atoms with van der Waals surface area (Å²) in [5.41, 5.74) is 14.3. The van der Waals surface area contributed by atoms with Gasteiger partial charge in [-0.25, -0.2) is 0 Å². The van der Waals surface area contributed by atoms with Crippen LogP contribution in [0.3, 0.4) is 0 Å². The minimum Gasteiger partial charge on any atom is -0.0619 e. The van der Waals surface area contributed by atoms with Crippen molar-refractivity contribution in [2.75, 3.05) is 0 Å². The van der Waals surface area contributed by atoms with Gasteiger partial charge in [-0.3, -0.25) is 0 Å². The third-order valence-electron chi connectivity index (χ3n) is 7.00. The van der Waals surface area contributed by atoms with Gasteiger partial charge in [-0.1, -0.05) is 83.9 Å². The first-order valence-corrected chi connectivity index (χ1v) is 10.2. The van der Waals surface area contributed by atoms with E-state index in [0.717, 1.165) is 0 Å². The highest BCUT2D eigenvalue weighted by molar-refractivity contribution is 5.79. The quantitative estimate of drug-likeness (QED) is 0.441. The molecule has 0 aromatic heterocycles. The summed E-state index contributed by atoms with van der Waals surface area (Å²) in [6, 6.07) is 27.1. The Morgan fingerprint density at radius 1 is 0.464 bits per heavy atom. The summed E-state index contributed by atoms with van der Waals surface area (Å²) >= 11 is 0. The average molecular weight is 363 g/mol. The van der Waals surface area contributed by atoms with Crippen molar-refractivity contribution in [1.82, 2.24) is 0 Å². The van der Waals surface area contributed by atoms with Crippen LogP contribution in [0.25, 0.3) is 11.1 Å². The molecular weight excluding hydrogens is 336 g/mol. The smallest absolute Gasteiger partial charge is 0.0308 e. The molecular formula is C28H26. The standard InChI is InChI=1S/C28H26/c1-17-19(3)27(25-11-7-5-9-23(17)25)21-13-15-22(16-14-21)28-20(4)18(2)24-10-6-8-12-26(24)28/h5-16,27-28H,1-4H3. The SMILES string of the molecule is CC1=C(C)C(c2ccc(C3C(C)=C(C)c4ccccc43)cc2)c2ccccc21. The molecule has 3 aromatic carbocycles. The molecule has 0 saturated heterocycles. The highest BCUT2D eigenvalue weighted by Gasteiger charge is 2.29. The molecule has 2 aliphatic rings. The molecule has 138 valence electrons. The van der Waals surface area contributed by atoms with Crippen LogP contribution in [-0.2, 0) is 0 Å². The van der Waals surface area contributed by atoms with E-state index in [-0.39, 0.29) is 0 Å². The molecule has 0 N–H and O–H groups in total. The summed E-state index contributed by atoms with van der Waals surface area (Å²) in [5, 5.41) is 0. The largest absolute Gasteiger partial charge is 0.0619 e. The van der Waals surface area contributed by atoms with Gasteiger partial charge in [-0.2, -0.15) is 0 Å². The Labute approximate surface area is 168 Å². The van der Waals surface area contributed by atoms with Gasteiger partial charge in [0, 0.05) is 11.8 Å². The van der Waals surface area contributed by atoms with Gasteiger partial charge in [0.2, 0.25) is 0 Å². The normalized spacial score (nSPS) is 20.6. The topological polar surface area (TPSA) is 0 Å². The van der Waals surface area contributed by atoms with Crippen LogP contribution in [0.4, 0.5) is 0 Å². The number of hydrogen-bond donors (Lipinski definition) is 0. The zero-order chi connectivity index (χ0) is 19.4. The van der Waals surface area contributed by atoms with Crippen LogP contribution < -0.4 is 0 Å². The molecule has 28 heavy (non-hydrogen) atoms. The number of allylic oxidation sites excluding steroid dienone is 4. The monoisotopic (exact) mass is 362 g/mol. The van der Waals surface area contributed by atoms with Crippen LogP contribution in [0.5, 0.6) is 0 Å². The summed E-state index contributed by atoms with van der Waals surface area (Å²) in [6.07, 6.45) is 0. The number of fused-ring (bicyclic) bond motifs is 2. The van der Waals surface area contributed by atoms with Crippen molar-refractivity contribution in [3.05, 3.63) is 117 Å². The summed E-state index contributed by atoms with van der Waals surface area (Å²) in [4.78, 5) is 0. The number of benzene rings is 3. The van der Waals surface area contributed by atoms with E-state index in [9.17, 15) is 0 Å². The Morgan fingerprint density at radius 3 is 1.21 bits per heavy atom. The summed E-state index contributed by atoms with van der Waals surface area (Å²) < 4.78 is 0. The lowest BCUT2D eigenvalue weighted by atomic mass is 9.85. The van der Waals surface area contributed by atoms with Crippen molar-refractivity contribution in [1.29, 1.82) is 0 Å². The van der Waals surface area contributed by atoms with Crippen molar-refractivity contribution >= 4 is 11.1 Å². The fraction of sp³-hybridized carbons (Fsp3) is 0.214. The first-order chi connectivity index (χ1) is 13.6. The summed E-state index contributed by atoms with van der Waals surface area (Å²) in [5.74, 6) is 0.777. The second kappa shape index (κ2) is 6.34. The van der Waals surface area contributed by atoms with Crippen LogP contribution in [0, 0.1) is 0 Å². The van der Waals surface area contributed by atoms with Crippen LogP contribution >= 0.6 is 0 Å². The average Bonchev–Trinajstić information content (AvgIpc) is 3.14. The predicted molar refractivity (Wildman–Crippen MR) is 120 cm³/mol. The minimum absolute atomic E-state index is 0.388. The minimum atomic E-state index is 0.388. The summed E-state index contributed by atoms with van der Waals surface area (Å²) in [6.45, 7) is 9.10. The predicted octanol–water partition coefficient (Wildman–Crippen LogP) is 7.56. The van der Waals surface area contributed by atoms with Crippen LogP contribution in [-0.4, -0.2) is 0 Å². The lowest BCUT2D eigenvalue weighted by molar-refractivity contribution is 0.949. The highest BCUT2D eigenvalue weighted by atomic mass is 14.3. The molecule has 0 saturated carbocycles. The Morgan fingerprint density at radius 2 is 0.821 bits per heavy atom. The van der Waals surface area contributed by atoms with E-state index in [1.54, 1.807) is 0 Å². The van der Waals surface area contributed by atoms with Crippen molar-refractivity contribution in [3.63, 3.8) is 0 Å². The van der Waals surface area contributed by atoms with Crippen molar-refractivity contribution < 1.29 is 0 Å². The van der Waals surface area contributed by atoms with E-state index in [1.807, 2.05) is 0 Å². The second-order valence-electron chi connectivity index (χ2n) is 8.32. The molecule has 2 atom stereocenters. The van der Waals surface area contributed by atoms with E-state index in [0.29, 0.717) is 11.8 Å². The Bertz CT molecular complexity index is 1050. The molecule has 0 amide bonds. The zero-order valence-corrected chi connectivity index (χ0v) is 17.1. The van der Waals surface area contributed by atoms with Gasteiger partial charge in [-0.05, 0) is 72.2 Å². The van der Waals surface area contributed by atoms with Crippen molar-refractivity contribution in [3.8, 4) is 0 Å². The molecule has 0 heterocycles. The molecule has 0 spiro atoms. The molecule has 0 bridgehead atoms. The van der Waals surface area contributed by atoms with Crippen LogP contribution in [0.15, 0.2) is 83.9 Å². The fourth-order valence-electron chi connectivity index (χ4n) is 5.24. The van der Waals surface area contributed by atoms with Gasteiger partial charge in [0.25, 0.3) is 0 Å². The third-order valence-corrected chi connectivity index (χ3v) is 7.00. The first-order valence-electron chi connectivity index (χ1n) is 10.2. The van der Waals surface area contributed by atoms with Gasteiger partial charge in [-0.15, -0.1) is 0 Å². The first kappa shape index (κ1) is 17.3. The van der Waals surface area contributed by atoms with Crippen LogP contribution in [0.2, 0.25) is 0 Å². The molecule has 0 nitrogen and oxygen atoms in total. The van der Waals surface area contributed by atoms with E-state index in [1.165, 1.54) is 55.7 Å². The maximum atomic E-state index is 2.35. The van der Waals surface area contributed by atoms with Gasteiger partial charge in [0.15, 0.2) is 0 Å². The lowest BCUT2D eigenvalue weighted by Crippen LogP contribution is -2.02. The third kappa shape index (κ3) is 2.37. The maximum Gasteiger partial charge on any atom is 0.0308 e. The Hall–Kier alpha value is -2.86. The zero-order valence-electron chi connectivity index (χ0n) is 17.1. The number of hydrogen-bond acceptors (Lipinski definition) is 0. The fourth-order valence-corrected chi connectivity index (χ4v) is 5.24. The molecule has 0 fully saturated rings. The van der Waals surface area contributed by atoms with Crippen LogP contribution in [0.1, 0.15) is 72.9 Å². The molecule has 3 aromatic rings.